The molecule has 4 N–H and O–H groups in total. The van der Waals surface area contributed by atoms with E-state index in [9.17, 15) is 9.59 Å². The number of carbonyl (C=O) groups excluding carboxylic acids is 2. The summed E-state index contributed by atoms with van der Waals surface area (Å²) < 4.78 is 0. The first-order valence-corrected chi connectivity index (χ1v) is 9.51. The molecule has 0 bridgehead atoms. The standard InChI is InChI=1S/C21H20N6O2/c1-4-22-19(28)10-5-6-11-13(7-10)26-27-17(11)18-23-15-8-12-14(9-16(15)24-18)25-20(29)21(12,2)3/h5-9H,4H2,1-3H3,(H,22,28)(H,23,24)(H,25,29)(H,26,27). The van der Waals surface area contributed by atoms with E-state index in [1.54, 1.807) is 12.1 Å². The SMILES string of the molecule is CCNC(=O)c1ccc2c(-c3nc4cc5c(cc4[nH]3)NC(=O)C5(C)C)n[nH]c2c1. The number of anilines is 1. The van der Waals surface area contributed by atoms with Crippen LogP contribution in [0.15, 0.2) is 30.3 Å². The number of aromatic nitrogens is 4. The first kappa shape index (κ1) is 17.4. The van der Waals surface area contributed by atoms with Gasteiger partial charge in [0.1, 0.15) is 5.69 Å². The van der Waals surface area contributed by atoms with Gasteiger partial charge in [0.05, 0.1) is 22.0 Å². The summed E-state index contributed by atoms with van der Waals surface area (Å²) in [5.74, 6) is 0.500. The number of H-pyrrole nitrogens is 2. The number of amides is 2. The maximum Gasteiger partial charge on any atom is 0.251 e. The Labute approximate surface area is 166 Å². The van der Waals surface area contributed by atoms with Crippen molar-refractivity contribution in [2.75, 3.05) is 11.9 Å². The quantitative estimate of drug-likeness (QED) is 0.432. The van der Waals surface area contributed by atoms with Crippen LogP contribution in [0.4, 0.5) is 5.69 Å². The second kappa shape index (κ2) is 5.91. The van der Waals surface area contributed by atoms with E-state index in [2.05, 4.69) is 25.8 Å². The Morgan fingerprint density at radius 2 is 2.00 bits per heavy atom. The van der Waals surface area contributed by atoms with Gasteiger partial charge in [-0.05, 0) is 56.7 Å². The van der Waals surface area contributed by atoms with Gasteiger partial charge >= 0.3 is 0 Å². The van der Waals surface area contributed by atoms with Crippen LogP contribution in [0.3, 0.4) is 0 Å². The Hall–Kier alpha value is -3.68. The van der Waals surface area contributed by atoms with Crippen LogP contribution in [0.25, 0.3) is 33.5 Å². The van der Waals surface area contributed by atoms with Crippen LogP contribution in [0.1, 0.15) is 36.7 Å². The van der Waals surface area contributed by atoms with Crippen LogP contribution in [-0.2, 0) is 10.2 Å². The zero-order valence-electron chi connectivity index (χ0n) is 16.3. The van der Waals surface area contributed by atoms with Crippen LogP contribution in [0.5, 0.6) is 0 Å². The topological polar surface area (TPSA) is 116 Å². The highest BCUT2D eigenvalue weighted by atomic mass is 16.2. The molecule has 0 saturated carbocycles. The van der Waals surface area contributed by atoms with Crippen molar-refractivity contribution in [3.8, 4) is 11.5 Å². The first-order chi connectivity index (χ1) is 13.9. The number of nitrogens with zero attached hydrogens (tertiary/aromatic N) is 2. The van der Waals surface area contributed by atoms with E-state index >= 15 is 0 Å². The Morgan fingerprint density at radius 1 is 1.17 bits per heavy atom. The van der Waals surface area contributed by atoms with E-state index in [1.165, 1.54) is 0 Å². The van der Waals surface area contributed by atoms with Crippen molar-refractivity contribution in [3.05, 3.63) is 41.5 Å². The molecule has 0 fully saturated rings. The highest BCUT2D eigenvalue weighted by Crippen LogP contribution is 2.39. The minimum Gasteiger partial charge on any atom is -0.352 e. The summed E-state index contributed by atoms with van der Waals surface area (Å²) in [5, 5.41) is 14.0. The molecule has 5 rings (SSSR count). The highest BCUT2D eigenvalue weighted by molar-refractivity contribution is 6.08. The lowest BCUT2D eigenvalue weighted by Gasteiger charge is -2.14. The summed E-state index contributed by atoms with van der Waals surface area (Å²) in [6, 6.07) is 9.30. The molecule has 2 aromatic carbocycles. The summed E-state index contributed by atoms with van der Waals surface area (Å²) in [6.07, 6.45) is 0. The molecule has 0 spiro atoms. The largest absolute Gasteiger partial charge is 0.352 e. The summed E-state index contributed by atoms with van der Waals surface area (Å²) in [5.41, 5.74) is 4.78. The fourth-order valence-electron chi connectivity index (χ4n) is 3.79. The maximum atomic E-state index is 12.2. The number of aromatic amines is 2. The molecule has 4 aromatic rings. The smallest absolute Gasteiger partial charge is 0.251 e. The molecule has 0 saturated heterocycles. The van der Waals surface area contributed by atoms with Crippen LogP contribution in [-0.4, -0.2) is 38.5 Å². The number of fused-ring (bicyclic) bond motifs is 3. The van der Waals surface area contributed by atoms with E-state index in [1.807, 2.05) is 39.0 Å². The molecule has 0 unspecified atom stereocenters. The lowest BCUT2D eigenvalue weighted by Crippen LogP contribution is -2.26. The molecule has 0 aliphatic carbocycles. The number of hydrogen-bond donors (Lipinski definition) is 4. The molecular weight excluding hydrogens is 368 g/mol. The van der Waals surface area contributed by atoms with Crippen molar-refractivity contribution in [1.82, 2.24) is 25.5 Å². The number of benzene rings is 2. The van der Waals surface area contributed by atoms with Crippen LogP contribution in [0.2, 0.25) is 0 Å². The molecule has 0 radical (unpaired) electrons. The van der Waals surface area contributed by atoms with Crippen LogP contribution < -0.4 is 10.6 Å². The first-order valence-electron chi connectivity index (χ1n) is 9.51. The Morgan fingerprint density at radius 3 is 2.79 bits per heavy atom. The minimum absolute atomic E-state index is 0.0124. The van der Waals surface area contributed by atoms with Gasteiger partial charge in [-0.2, -0.15) is 5.10 Å². The normalized spacial score (nSPS) is 14.9. The van der Waals surface area contributed by atoms with Gasteiger partial charge in [-0.15, -0.1) is 0 Å². The van der Waals surface area contributed by atoms with Gasteiger partial charge in [0.2, 0.25) is 5.91 Å². The summed E-state index contributed by atoms with van der Waals surface area (Å²) in [4.78, 5) is 32.2. The number of imidazole rings is 1. The van der Waals surface area contributed by atoms with Crippen molar-refractivity contribution in [1.29, 1.82) is 0 Å². The maximum absolute atomic E-state index is 12.2. The summed E-state index contributed by atoms with van der Waals surface area (Å²) in [6.45, 7) is 6.27. The third kappa shape index (κ3) is 2.52. The molecule has 1 aliphatic rings. The monoisotopic (exact) mass is 388 g/mol. The zero-order chi connectivity index (χ0) is 20.3. The molecule has 3 heterocycles. The van der Waals surface area contributed by atoms with E-state index < -0.39 is 5.41 Å². The second-order valence-electron chi connectivity index (χ2n) is 7.77. The number of carbonyl (C=O) groups is 2. The molecule has 1 aliphatic heterocycles. The van der Waals surface area contributed by atoms with Gasteiger partial charge < -0.3 is 15.6 Å². The molecule has 146 valence electrons. The minimum atomic E-state index is -0.586. The van der Waals surface area contributed by atoms with Crippen molar-refractivity contribution in [2.24, 2.45) is 0 Å². The molecule has 29 heavy (non-hydrogen) atoms. The summed E-state index contributed by atoms with van der Waals surface area (Å²) >= 11 is 0. The second-order valence-corrected chi connectivity index (χ2v) is 7.77. The molecule has 2 aromatic heterocycles. The predicted molar refractivity (Wildman–Crippen MR) is 111 cm³/mol. The Balaban J connectivity index is 1.59. The molecule has 8 heteroatoms. The van der Waals surface area contributed by atoms with E-state index in [4.69, 9.17) is 4.98 Å². The van der Waals surface area contributed by atoms with Crippen LogP contribution >= 0.6 is 0 Å². The number of nitrogens with one attached hydrogen (secondary N) is 4. The van der Waals surface area contributed by atoms with Gasteiger partial charge in [0, 0.05) is 23.2 Å². The average Bonchev–Trinajstić information content (AvgIpc) is 3.34. The van der Waals surface area contributed by atoms with Crippen molar-refractivity contribution >= 4 is 39.4 Å². The lowest BCUT2D eigenvalue weighted by molar-refractivity contribution is -0.119. The number of rotatable bonds is 3. The van der Waals surface area contributed by atoms with Gasteiger partial charge in [-0.25, -0.2) is 4.98 Å². The van der Waals surface area contributed by atoms with E-state index in [-0.39, 0.29) is 11.8 Å². The number of hydrogen-bond acceptors (Lipinski definition) is 4. The highest BCUT2D eigenvalue weighted by Gasteiger charge is 2.38. The summed E-state index contributed by atoms with van der Waals surface area (Å²) in [7, 11) is 0. The Kier molecular flexibility index (Phi) is 3.55. The molecule has 8 nitrogen and oxygen atoms in total. The Bertz CT molecular complexity index is 1310. The predicted octanol–water partition coefficient (Wildman–Crippen LogP) is 3.09. The van der Waals surface area contributed by atoms with Gasteiger partial charge in [-0.3, -0.25) is 14.7 Å². The van der Waals surface area contributed by atoms with Gasteiger partial charge in [0.15, 0.2) is 5.82 Å². The third-order valence-electron chi connectivity index (χ3n) is 5.50. The van der Waals surface area contributed by atoms with E-state index in [0.29, 0.717) is 23.6 Å². The fourth-order valence-corrected chi connectivity index (χ4v) is 3.79. The van der Waals surface area contributed by atoms with Gasteiger partial charge in [-0.1, -0.05) is 0 Å². The van der Waals surface area contributed by atoms with Crippen molar-refractivity contribution < 1.29 is 9.59 Å². The van der Waals surface area contributed by atoms with Crippen LogP contribution in [0, 0.1) is 0 Å². The van der Waals surface area contributed by atoms with Crippen molar-refractivity contribution in [3.63, 3.8) is 0 Å². The lowest BCUT2D eigenvalue weighted by atomic mass is 9.86. The van der Waals surface area contributed by atoms with Gasteiger partial charge in [0.25, 0.3) is 5.91 Å². The average molecular weight is 388 g/mol. The zero-order valence-corrected chi connectivity index (χ0v) is 16.3. The molecular formula is C21H20N6O2. The fraction of sp³-hybridized carbons (Fsp3) is 0.238. The molecule has 2 amide bonds. The third-order valence-corrected chi connectivity index (χ3v) is 5.50. The molecule has 0 atom stereocenters. The van der Waals surface area contributed by atoms with Crippen molar-refractivity contribution in [2.45, 2.75) is 26.2 Å². The van der Waals surface area contributed by atoms with E-state index in [0.717, 1.165) is 33.2 Å².